The number of amides is 2. The number of halogens is 4. The Morgan fingerprint density at radius 3 is 2.23 bits per heavy atom. The number of anilines is 1. The monoisotopic (exact) mass is 643 g/mol. The Balaban J connectivity index is 2.03. The minimum atomic E-state index is -4.25. The number of nitrogens with one attached hydrogen (secondary N) is 1. The van der Waals surface area contributed by atoms with Crippen LogP contribution in [0.4, 0.5) is 5.69 Å². The number of carbonyl (C=O) groups excluding carboxylic acids is 2. The zero-order valence-corrected chi connectivity index (χ0v) is 25.8. The molecule has 0 bridgehead atoms. The number of hydrogen-bond donors (Lipinski definition) is 1. The van der Waals surface area contributed by atoms with E-state index in [0.717, 1.165) is 17.1 Å². The van der Waals surface area contributed by atoms with Crippen molar-refractivity contribution in [2.45, 2.75) is 44.2 Å². The van der Waals surface area contributed by atoms with E-state index in [2.05, 4.69) is 5.32 Å². The van der Waals surface area contributed by atoms with Gasteiger partial charge in [0.15, 0.2) is 0 Å². The van der Waals surface area contributed by atoms with Gasteiger partial charge in [0.2, 0.25) is 11.8 Å². The quantitative estimate of drug-likeness (QED) is 0.219. The van der Waals surface area contributed by atoms with E-state index in [0.29, 0.717) is 22.2 Å². The van der Waals surface area contributed by atoms with E-state index in [1.54, 1.807) is 43.3 Å². The highest BCUT2D eigenvalue weighted by molar-refractivity contribution is 7.92. The third kappa shape index (κ3) is 8.04. The van der Waals surface area contributed by atoms with Crippen molar-refractivity contribution in [1.82, 2.24) is 10.2 Å². The van der Waals surface area contributed by atoms with Gasteiger partial charge in [0, 0.05) is 18.1 Å². The molecule has 2 amide bonds. The van der Waals surface area contributed by atoms with Crippen LogP contribution in [-0.2, 0) is 26.2 Å². The summed E-state index contributed by atoms with van der Waals surface area (Å²) >= 11 is 24.7. The number of sulfonamides is 1. The van der Waals surface area contributed by atoms with Crippen LogP contribution in [0, 0.1) is 0 Å². The summed E-state index contributed by atoms with van der Waals surface area (Å²) in [4.78, 5) is 28.2. The van der Waals surface area contributed by atoms with Crippen LogP contribution >= 0.6 is 46.4 Å². The van der Waals surface area contributed by atoms with Crippen molar-refractivity contribution in [3.63, 3.8) is 0 Å². The molecule has 3 aromatic rings. The lowest BCUT2D eigenvalue weighted by Gasteiger charge is -2.32. The summed E-state index contributed by atoms with van der Waals surface area (Å²) in [6.45, 7) is 3.38. The van der Waals surface area contributed by atoms with Gasteiger partial charge in [-0.05, 0) is 61.4 Å². The number of unbranched alkanes of at least 4 members (excludes halogenated alkanes) is 1. The van der Waals surface area contributed by atoms with Crippen LogP contribution in [0.25, 0.3) is 0 Å². The summed E-state index contributed by atoms with van der Waals surface area (Å²) in [7, 11) is -4.25. The van der Waals surface area contributed by atoms with Crippen LogP contribution in [0.2, 0.25) is 20.1 Å². The first-order valence-electron chi connectivity index (χ1n) is 12.5. The first kappa shape index (κ1) is 32.0. The molecule has 40 heavy (non-hydrogen) atoms. The van der Waals surface area contributed by atoms with Gasteiger partial charge in [-0.3, -0.25) is 13.9 Å². The molecule has 0 heterocycles. The third-order valence-corrected chi connectivity index (χ3v) is 9.17. The minimum absolute atomic E-state index is 0.0222. The predicted octanol–water partition coefficient (Wildman–Crippen LogP) is 6.83. The van der Waals surface area contributed by atoms with E-state index in [-0.39, 0.29) is 33.1 Å². The number of nitrogens with zero attached hydrogens (tertiary/aromatic N) is 2. The van der Waals surface area contributed by atoms with Crippen LogP contribution in [0.3, 0.4) is 0 Å². The van der Waals surface area contributed by atoms with Gasteiger partial charge in [0.1, 0.15) is 12.6 Å². The van der Waals surface area contributed by atoms with E-state index >= 15 is 0 Å². The highest BCUT2D eigenvalue weighted by Gasteiger charge is 2.33. The number of hydrogen-bond acceptors (Lipinski definition) is 4. The molecule has 0 unspecified atom stereocenters. The molecule has 214 valence electrons. The van der Waals surface area contributed by atoms with Crippen molar-refractivity contribution in [3.05, 3.63) is 92.4 Å². The number of rotatable bonds is 12. The summed E-state index contributed by atoms with van der Waals surface area (Å²) in [6, 6.07) is 15.9. The molecule has 0 aliphatic heterocycles. The molecule has 0 aliphatic rings. The first-order chi connectivity index (χ1) is 18.9. The lowest BCUT2D eigenvalue weighted by atomic mass is 10.1. The van der Waals surface area contributed by atoms with Crippen LogP contribution in [0.1, 0.15) is 32.3 Å². The van der Waals surface area contributed by atoms with Crippen molar-refractivity contribution >= 4 is 73.9 Å². The fourth-order valence-electron chi connectivity index (χ4n) is 3.87. The van der Waals surface area contributed by atoms with E-state index in [4.69, 9.17) is 46.4 Å². The lowest BCUT2D eigenvalue weighted by Crippen LogP contribution is -2.51. The molecule has 1 atom stereocenters. The van der Waals surface area contributed by atoms with Gasteiger partial charge in [-0.2, -0.15) is 0 Å². The second-order valence-corrected chi connectivity index (χ2v) is 12.5. The number of carbonyl (C=O) groups is 2. The zero-order valence-electron chi connectivity index (χ0n) is 21.9. The van der Waals surface area contributed by atoms with Crippen molar-refractivity contribution in [1.29, 1.82) is 0 Å². The second kappa shape index (κ2) is 14.4. The highest BCUT2D eigenvalue weighted by Crippen LogP contribution is 2.33. The smallest absolute Gasteiger partial charge is 0.264 e. The summed E-state index contributed by atoms with van der Waals surface area (Å²) in [6.07, 6.45) is 1.66. The maximum atomic E-state index is 13.9. The summed E-state index contributed by atoms with van der Waals surface area (Å²) < 4.78 is 28.5. The van der Waals surface area contributed by atoms with Gasteiger partial charge < -0.3 is 10.2 Å². The van der Waals surface area contributed by atoms with Crippen LogP contribution in [0.15, 0.2) is 71.6 Å². The minimum Gasteiger partial charge on any atom is -0.354 e. The molecule has 0 aliphatic carbocycles. The van der Waals surface area contributed by atoms with Gasteiger partial charge in [0.05, 0.1) is 25.7 Å². The average molecular weight is 645 g/mol. The molecule has 0 saturated heterocycles. The second-order valence-electron chi connectivity index (χ2n) is 9.01. The van der Waals surface area contributed by atoms with Crippen LogP contribution < -0.4 is 9.62 Å². The Labute approximate surface area is 255 Å². The Kier molecular flexibility index (Phi) is 11.5. The van der Waals surface area contributed by atoms with Gasteiger partial charge in [-0.1, -0.05) is 84.0 Å². The van der Waals surface area contributed by atoms with Crippen LogP contribution in [-0.4, -0.2) is 44.3 Å². The maximum absolute atomic E-state index is 13.9. The van der Waals surface area contributed by atoms with Crippen molar-refractivity contribution in [3.8, 4) is 0 Å². The van der Waals surface area contributed by atoms with Gasteiger partial charge >= 0.3 is 0 Å². The van der Waals surface area contributed by atoms with E-state index in [1.165, 1.54) is 35.2 Å². The molecule has 3 rings (SSSR count). The Morgan fingerprint density at radius 2 is 1.60 bits per heavy atom. The molecule has 0 spiro atoms. The highest BCUT2D eigenvalue weighted by atomic mass is 35.5. The first-order valence-corrected chi connectivity index (χ1v) is 15.4. The zero-order chi connectivity index (χ0) is 29.4. The number of benzene rings is 3. The summed E-state index contributed by atoms with van der Waals surface area (Å²) in [5.74, 6) is -1.00. The topological polar surface area (TPSA) is 86.8 Å². The molecular weight excluding hydrogens is 616 g/mol. The van der Waals surface area contributed by atoms with Gasteiger partial charge in [-0.25, -0.2) is 8.42 Å². The molecule has 0 radical (unpaired) electrons. The average Bonchev–Trinajstić information content (AvgIpc) is 2.92. The van der Waals surface area contributed by atoms with E-state index < -0.39 is 28.5 Å². The largest absolute Gasteiger partial charge is 0.354 e. The molecule has 12 heteroatoms. The van der Waals surface area contributed by atoms with Crippen molar-refractivity contribution < 1.29 is 18.0 Å². The molecule has 0 saturated carbocycles. The Bertz CT molecular complexity index is 1460. The van der Waals surface area contributed by atoms with Crippen LogP contribution in [0.5, 0.6) is 0 Å². The van der Waals surface area contributed by atoms with Crippen molar-refractivity contribution in [2.24, 2.45) is 0 Å². The molecule has 3 aromatic carbocycles. The third-order valence-electron chi connectivity index (χ3n) is 6.12. The van der Waals surface area contributed by atoms with Gasteiger partial charge in [0.25, 0.3) is 10.0 Å². The summed E-state index contributed by atoms with van der Waals surface area (Å²) in [5.41, 5.74) is 0.677. The standard InChI is InChI=1S/C28H29Cl4N3O4S/c1-3-4-14-33-28(37)19(2)34(17-20-10-12-23(30)24(31)15-20)27(36)18-35(26-13-11-21(29)16-25(26)32)40(38,39)22-8-6-5-7-9-22/h5-13,15-16,19H,3-4,14,17-18H2,1-2H3,(H,33,37)/t19-/m1/s1. The maximum Gasteiger partial charge on any atom is 0.264 e. The predicted molar refractivity (Wildman–Crippen MR) is 162 cm³/mol. The fraction of sp³-hybridized carbons (Fsp3) is 0.286. The Morgan fingerprint density at radius 1 is 0.900 bits per heavy atom. The summed E-state index contributed by atoms with van der Waals surface area (Å²) in [5, 5.41) is 3.80. The molecule has 7 nitrogen and oxygen atoms in total. The fourth-order valence-corrected chi connectivity index (χ4v) is 6.21. The molecule has 0 fully saturated rings. The normalized spacial score (nSPS) is 12.1. The van der Waals surface area contributed by atoms with Crippen molar-refractivity contribution in [2.75, 3.05) is 17.4 Å². The van der Waals surface area contributed by atoms with E-state index in [1.807, 2.05) is 6.92 Å². The molecule has 0 aromatic heterocycles. The molecular formula is C28H29Cl4N3O4S. The molecule has 1 N–H and O–H groups in total. The Hall–Kier alpha value is -2.49. The van der Waals surface area contributed by atoms with E-state index in [9.17, 15) is 18.0 Å². The van der Waals surface area contributed by atoms with Gasteiger partial charge in [-0.15, -0.1) is 0 Å². The SMILES string of the molecule is CCCCNC(=O)[C@@H](C)N(Cc1ccc(Cl)c(Cl)c1)C(=O)CN(c1ccc(Cl)cc1Cl)S(=O)(=O)c1ccccc1. The lowest BCUT2D eigenvalue weighted by molar-refractivity contribution is -0.139.